The Labute approximate surface area is 131 Å². The van der Waals surface area contributed by atoms with E-state index in [2.05, 4.69) is 16.0 Å². The topological polar surface area (TPSA) is 70.2 Å². The molecule has 1 aliphatic heterocycles. The van der Waals surface area contributed by atoms with Crippen LogP contribution in [-0.4, -0.2) is 30.9 Å². The first kappa shape index (κ1) is 17.5. The van der Waals surface area contributed by atoms with E-state index >= 15 is 0 Å². The molecule has 0 aromatic heterocycles. The van der Waals surface area contributed by atoms with Crippen LogP contribution < -0.4 is 16.0 Å². The summed E-state index contributed by atoms with van der Waals surface area (Å²) in [6.07, 6.45) is 3.09. The number of hydrogen-bond donors (Lipinski definition) is 3. The molecule has 6 heteroatoms. The van der Waals surface area contributed by atoms with E-state index in [1.165, 1.54) is 0 Å². The predicted octanol–water partition coefficient (Wildman–Crippen LogP) is 1.94. The van der Waals surface area contributed by atoms with Crippen LogP contribution in [-0.2, 0) is 4.79 Å². The fraction of sp³-hybridized carbons (Fsp3) is 0.467. The Morgan fingerprint density at radius 3 is 2.52 bits per heavy atom. The second-order valence-electron chi connectivity index (χ2n) is 4.93. The Balaban J connectivity index is 0.00000220. The second kappa shape index (κ2) is 8.64. The molecular weight excluding hydrogens is 290 g/mol. The Kier molecular flexibility index (Phi) is 7.19. The Hall–Kier alpha value is -1.59. The van der Waals surface area contributed by atoms with Crippen molar-refractivity contribution in [1.29, 1.82) is 0 Å². The molecule has 5 nitrogen and oxygen atoms in total. The highest BCUT2D eigenvalue weighted by Gasteiger charge is 2.20. The molecule has 2 rings (SSSR count). The third kappa shape index (κ3) is 5.02. The van der Waals surface area contributed by atoms with Crippen LogP contribution in [0.1, 0.15) is 36.5 Å². The first-order chi connectivity index (χ1) is 9.70. The Bertz CT molecular complexity index is 470. The summed E-state index contributed by atoms with van der Waals surface area (Å²) in [7, 11) is 0. The molecule has 3 N–H and O–H groups in total. The van der Waals surface area contributed by atoms with Crippen LogP contribution in [0.25, 0.3) is 0 Å². The van der Waals surface area contributed by atoms with Crippen molar-refractivity contribution >= 4 is 29.9 Å². The Morgan fingerprint density at radius 1 is 1.24 bits per heavy atom. The summed E-state index contributed by atoms with van der Waals surface area (Å²) in [6.45, 7) is 3.38. The monoisotopic (exact) mass is 311 g/mol. The summed E-state index contributed by atoms with van der Waals surface area (Å²) in [4.78, 5) is 23.7. The highest BCUT2D eigenvalue weighted by molar-refractivity contribution is 5.97. The molecule has 1 aromatic rings. The molecular formula is C15H22ClN3O2. The molecule has 1 aromatic carbocycles. The highest BCUT2D eigenvalue weighted by atomic mass is 35.5. The minimum absolute atomic E-state index is 0. The molecule has 0 aliphatic carbocycles. The molecule has 1 saturated heterocycles. The first-order valence-corrected chi connectivity index (χ1v) is 7.13. The first-order valence-electron chi connectivity index (χ1n) is 7.13. The number of benzene rings is 1. The average Bonchev–Trinajstić information content (AvgIpc) is 2.49. The van der Waals surface area contributed by atoms with E-state index in [0.717, 1.165) is 31.5 Å². The van der Waals surface area contributed by atoms with Crippen molar-refractivity contribution in [2.45, 2.75) is 32.2 Å². The van der Waals surface area contributed by atoms with Gasteiger partial charge in [0.15, 0.2) is 0 Å². The number of halogens is 1. The summed E-state index contributed by atoms with van der Waals surface area (Å²) in [6, 6.07) is 6.84. The molecule has 21 heavy (non-hydrogen) atoms. The van der Waals surface area contributed by atoms with E-state index < -0.39 is 0 Å². The van der Waals surface area contributed by atoms with Crippen LogP contribution in [0.15, 0.2) is 24.3 Å². The van der Waals surface area contributed by atoms with Crippen LogP contribution in [0.3, 0.4) is 0 Å². The number of rotatable bonds is 4. The molecule has 2 amide bonds. The fourth-order valence-electron chi connectivity index (χ4n) is 2.27. The van der Waals surface area contributed by atoms with E-state index in [0.29, 0.717) is 12.1 Å². The number of nitrogens with one attached hydrogen (secondary N) is 3. The van der Waals surface area contributed by atoms with Gasteiger partial charge >= 0.3 is 0 Å². The van der Waals surface area contributed by atoms with Crippen molar-refractivity contribution < 1.29 is 9.59 Å². The van der Waals surface area contributed by atoms with E-state index in [1.807, 2.05) is 6.92 Å². The number of carbonyl (C=O) groups is 2. The Morgan fingerprint density at radius 2 is 1.95 bits per heavy atom. The fourth-order valence-corrected chi connectivity index (χ4v) is 2.27. The van der Waals surface area contributed by atoms with Gasteiger partial charge in [-0.3, -0.25) is 9.59 Å². The van der Waals surface area contributed by atoms with E-state index in [1.54, 1.807) is 24.3 Å². The van der Waals surface area contributed by atoms with E-state index in [4.69, 9.17) is 0 Å². The summed E-state index contributed by atoms with van der Waals surface area (Å²) in [5.41, 5.74) is 1.32. The second-order valence-corrected chi connectivity index (χ2v) is 4.93. The van der Waals surface area contributed by atoms with Crippen molar-refractivity contribution in [3.63, 3.8) is 0 Å². The van der Waals surface area contributed by atoms with E-state index in [-0.39, 0.29) is 30.3 Å². The van der Waals surface area contributed by atoms with Gasteiger partial charge in [0, 0.05) is 17.8 Å². The minimum Gasteiger partial charge on any atom is -0.352 e. The zero-order chi connectivity index (χ0) is 14.4. The summed E-state index contributed by atoms with van der Waals surface area (Å²) < 4.78 is 0. The van der Waals surface area contributed by atoms with Crippen LogP contribution in [0.2, 0.25) is 0 Å². The maximum atomic E-state index is 12.0. The number of carbonyl (C=O) groups excluding carboxylic acids is 2. The maximum Gasteiger partial charge on any atom is 0.251 e. The predicted molar refractivity (Wildman–Crippen MR) is 86.0 cm³/mol. The van der Waals surface area contributed by atoms with Crippen LogP contribution in [0, 0.1) is 0 Å². The van der Waals surface area contributed by atoms with Crippen LogP contribution in [0.4, 0.5) is 5.69 Å². The van der Waals surface area contributed by atoms with Crippen molar-refractivity contribution in [1.82, 2.24) is 10.6 Å². The third-order valence-electron chi connectivity index (χ3n) is 3.38. The number of anilines is 1. The molecule has 0 unspecified atom stereocenters. The van der Waals surface area contributed by atoms with Gasteiger partial charge in [0.2, 0.25) is 5.91 Å². The molecule has 0 spiro atoms. The summed E-state index contributed by atoms with van der Waals surface area (Å²) >= 11 is 0. The minimum atomic E-state index is -0.105. The molecule has 0 bridgehead atoms. The van der Waals surface area contributed by atoms with Gasteiger partial charge in [-0.05, 0) is 50.6 Å². The molecule has 1 aliphatic rings. The lowest BCUT2D eigenvalue weighted by molar-refractivity contribution is -0.118. The molecule has 0 saturated carbocycles. The van der Waals surface area contributed by atoms with Gasteiger partial charge in [-0.15, -0.1) is 12.4 Å². The number of amides is 2. The smallest absolute Gasteiger partial charge is 0.251 e. The average molecular weight is 312 g/mol. The van der Waals surface area contributed by atoms with E-state index in [9.17, 15) is 9.59 Å². The van der Waals surface area contributed by atoms with Crippen LogP contribution in [0.5, 0.6) is 0 Å². The SMILES string of the molecule is CCNC(=O)c1ccc(NC(=O)[C@@H]2CCCCN2)cc1.Cl. The van der Waals surface area contributed by atoms with Crippen molar-refractivity contribution in [2.24, 2.45) is 0 Å². The number of piperidine rings is 1. The zero-order valence-corrected chi connectivity index (χ0v) is 13.0. The molecule has 1 fully saturated rings. The molecule has 0 radical (unpaired) electrons. The van der Waals surface area contributed by atoms with Gasteiger partial charge in [0.05, 0.1) is 6.04 Å². The van der Waals surface area contributed by atoms with Crippen molar-refractivity contribution in [3.05, 3.63) is 29.8 Å². The summed E-state index contributed by atoms with van der Waals surface area (Å²) in [5, 5.41) is 8.82. The van der Waals surface area contributed by atoms with Gasteiger partial charge in [-0.2, -0.15) is 0 Å². The maximum absolute atomic E-state index is 12.0. The van der Waals surface area contributed by atoms with Gasteiger partial charge in [0.1, 0.15) is 0 Å². The van der Waals surface area contributed by atoms with Gasteiger partial charge in [0.25, 0.3) is 5.91 Å². The van der Waals surface area contributed by atoms with Crippen molar-refractivity contribution in [3.8, 4) is 0 Å². The van der Waals surface area contributed by atoms with Crippen LogP contribution >= 0.6 is 12.4 Å². The van der Waals surface area contributed by atoms with Gasteiger partial charge in [-0.25, -0.2) is 0 Å². The summed E-state index contributed by atoms with van der Waals surface area (Å²) in [5.74, 6) is -0.102. The lowest BCUT2D eigenvalue weighted by Gasteiger charge is -2.22. The molecule has 116 valence electrons. The van der Waals surface area contributed by atoms with Crippen molar-refractivity contribution in [2.75, 3.05) is 18.4 Å². The number of hydrogen-bond acceptors (Lipinski definition) is 3. The van der Waals surface area contributed by atoms with Gasteiger partial charge < -0.3 is 16.0 Å². The standard InChI is InChI=1S/C15H21N3O2.ClH/c1-2-16-14(19)11-6-8-12(9-7-11)18-15(20)13-5-3-4-10-17-13;/h6-9,13,17H,2-5,10H2,1H3,(H,16,19)(H,18,20);1H/t13-;/m0./s1. The lowest BCUT2D eigenvalue weighted by Crippen LogP contribution is -2.43. The zero-order valence-electron chi connectivity index (χ0n) is 12.1. The highest BCUT2D eigenvalue weighted by Crippen LogP contribution is 2.13. The molecule has 1 atom stereocenters. The third-order valence-corrected chi connectivity index (χ3v) is 3.38. The lowest BCUT2D eigenvalue weighted by atomic mass is 10.0. The molecule has 1 heterocycles. The van der Waals surface area contributed by atoms with Gasteiger partial charge in [-0.1, -0.05) is 6.42 Å². The normalized spacial score (nSPS) is 17.5. The quantitative estimate of drug-likeness (QED) is 0.796. The largest absolute Gasteiger partial charge is 0.352 e.